The molecule has 0 bridgehead atoms. The van der Waals surface area contributed by atoms with Gasteiger partial charge in [0, 0.05) is 36.6 Å². The lowest BCUT2D eigenvalue weighted by molar-refractivity contribution is 0.101. The maximum atomic E-state index is 13.0. The first-order valence-corrected chi connectivity index (χ1v) is 13.0. The predicted molar refractivity (Wildman–Crippen MR) is 123 cm³/mol. The Hall–Kier alpha value is -2.40. The van der Waals surface area contributed by atoms with Gasteiger partial charge in [-0.2, -0.15) is 4.31 Å². The molecule has 10 heteroatoms. The fraction of sp³-hybridized carbons (Fsp3) is 0.409. The molecule has 1 aromatic carbocycles. The van der Waals surface area contributed by atoms with Gasteiger partial charge in [0.2, 0.25) is 10.0 Å². The molecule has 1 aliphatic carbocycles. The first-order valence-electron chi connectivity index (χ1n) is 10.7. The van der Waals surface area contributed by atoms with E-state index >= 15 is 0 Å². The van der Waals surface area contributed by atoms with Crippen LogP contribution in [-0.4, -0.2) is 59.6 Å². The Balaban J connectivity index is 1.27. The first kappa shape index (κ1) is 21.4. The molecule has 3 aromatic rings. The van der Waals surface area contributed by atoms with Crippen molar-refractivity contribution in [3.63, 3.8) is 0 Å². The molecule has 0 radical (unpaired) electrons. The summed E-state index contributed by atoms with van der Waals surface area (Å²) in [4.78, 5) is 36.1. The number of carbonyl (C=O) groups excluding carboxylic acids is 1. The highest BCUT2D eigenvalue weighted by molar-refractivity contribution is 7.89. The molecule has 1 saturated heterocycles. The second kappa shape index (κ2) is 8.18. The summed E-state index contributed by atoms with van der Waals surface area (Å²) in [7, 11) is -3.61. The third-order valence-corrected chi connectivity index (χ3v) is 9.33. The molecule has 2 aliphatic rings. The molecule has 0 unspecified atom stereocenters. The first-order chi connectivity index (χ1) is 15.3. The lowest BCUT2D eigenvalue weighted by Crippen LogP contribution is -2.48. The van der Waals surface area contributed by atoms with Gasteiger partial charge in [-0.25, -0.2) is 13.4 Å². The zero-order valence-electron chi connectivity index (χ0n) is 17.8. The summed E-state index contributed by atoms with van der Waals surface area (Å²) in [5.41, 5.74) is 1.59. The smallest absolute Gasteiger partial charge is 0.259 e. The highest BCUT2D eigenvalue weighted by atomic mass is 32.2. The van der Waals surface area contributed by atoms with Crippen molar-refractivity contribution >= 4 is 37.4 Å². The molecule has 2 aromatic heterocycles. The van der Waals surface area contributed by atoms with E-state index in [1.54, 1.807) is 23.5 Å². The van der Waals surface area contributed by atoms with Crippen molar-refractivity contribution in [2.24, 2.45) is 0 Å². The van der Waals surface area contributed by atoms with Crippen molar-refractivity contribution in [2.75, 3.05) is 26.2 Å². The number of carbonyl (C=O) groups is 1. The van der Waals surface area contributed by atoms with Crippen molar-refractivity contribution < 1.29 is 13.2 Å². The van der Waals surface area contributed by atoms with Crippen molar-refractivity contribution in [1.29, 1.82) is 0 Å². The monoisotopic (exact) mass is 472 g/mol. The number of nitrogens with one attached hydrogen (secondary N) is 1. The number of sulfonamides is 1. The summed E-state index contributed by atoms with van der Waals surface area (Å²) < 4.78 is 27.4. The van der Waals surface area contributed by atoms with Crippen LogP contribution in [0.25, 0.3) is 10.2 Å². The van der Waals surface area contributed by atoms with E-state index in [9.17, 15) is 18.0 Å². The topological polar surface area (TPSA) is 103 Å². The van der Waals surface area contributed by atoms with Gasteiger partial charge in [0.05, 0.1) is 16.8 Å². The number of hydrogen-bond donors (Lipinski definition) is 1. The van der Waals surface area contributed by atoms with E-state index in [0.717, 1.165) is 29.5 Å². The van der Waals surface area contributed by atoms with Crippen LogP contribution in [0.2, 0.25) is 0 Å². The fourth-order valence-corrected chi connectivity index (χ4v) is 7.18. The normalized spacial score (nSPS) is 17.7. The van der Waals surface area contributed by atoms with Crippen LogP contribution in [0, 0.1) is 0 Å². The Morgan fingerprint density at radius 3 is 2.53 bits per heavy atom. The lowest BCUT2D eigenvalue weighted by atomic mass is 10.2. The summed E-state index contributed by atoms with van der Waals surface area (Å²) in [5.74, 6) is 0.526. The molecular weight excluding hydrogens is 448 g/mol. The van der Waals surface area contributed by atoms with Crippen LogP contribution in [0.4, 0.5) is 0 Å². The average Bonchev–Trinajstić information content (AvgIpc) is 3.35. The van der Waals surface area contributed by atoms with Crippen molar-refractivity contribution in [3.8, 4) is 0 Å². The molecule has 0 spiro atoms. The molecule has 32 heavy (non-hydrogen) atoms. The number of ketones is 1. The Morgan fingerprint density at radius 2 is 1.84 bits per heavy atom. The summed E-state index contributed by atoms with van der Waals surface area (Å²) in [6.45, 7) is 3.75. The van der Waals surface area contributed by atoms with Gasteiger partial charge in [0.1, 0.15) is 10.7 Å². The highest BCUT2D eigenvalue weighted by Crippen LogP contribution is 2.34. The Kier molecular flexibility index (Phi) is 5.48. The largest absolute Gasteiger partial charge is 0.309 e. The Labute approximate surface area is 189 Å². The maximum absolute atomic E-state index is 13.0. The van der Waals surface area contributed by atoms with E-state index in [1.807, 2.05) is 0 Å². The van der Waals surface area contributed by atoms with Crippen LogP contribution in [0.5, 0.6) is 0 Å². The number of nitrogens with zero attached hydrogens (tertiary/aromatic N) is 3. The highest BCUT2D eigenvalue weighted by Gasteiger charge is 2.29. The third-order valence-electron chi connectivity index (χ3n) is 6.23. The van der Waals surface area contributed by atoms with Crippen molar-refractivity contribution in [3.05, 3.63) is 56.4 Å². The van der Waals surface area contributed by atoms with Crippen LogP contribution in [0.3, 0.4) is 0 Å². The number of aromatic nitrogens is 2. The van der Waals surface area contributed by atoms with Gasteiger partial charge in [-0.15, -0.1) is 11.3 Å². The molecule has 0 saturated carbocycles. The molecule has 1 fully saturated rings. The second-order valence-corrected chi connectivity index (χ2v) is 11.3. The molecule has 3 heterocycles. The molecule has 168 valence electrons. The zero-order chi connectivity index (χ0) is 22.5. The second-order valence-electron chi connectivity index (χ2n) is 8.31. The number of rotatable bonds is 5. The van der Waals surface area contributed by atoms with E-state index in [4.69, 9.17) is 4.98 Å². The number of Topliss-reactive ketones (excluding diaryl/α,β-unsaturated/α-hetero) is 1. The van der Waals surface area contributed by atoms with Crippen LogP contribution < -0.4 is 5.56 Å². The fourth-order valence-electron chi connectivity index (χ4n) is 4.47. The van der Waals surface area contributed by atoms with Gasteiger partial charge >= 0.3 is 0 Å². The molecule has 1 aliphatic heterocycles. The number of piperazine rings is 1. The van der Waals surface area contributed by atoms with E-state index in [1.165, 1.54) is 33.8 Å². The number of aromatic amines is 1. The van der Waals surface area contributed by atoms with E-state index < -0.39 is 10.0 Å². The third kappa shape index (κ3) is 3.81. The standard InChI is InChI=1S/C22H24N4O4S2/c1-14(27)15-5-7-16(8-6-15)32(29,30)26-11-9-25(10-12-26)13-19-23-21(28)20-17-3-2-4-18(17)31-22(20)24-19/h5-8H,2-4,9-13H2,1H3,(H,23,24,28). The maximum Gasteiger partial charge on any atom is 0.259 e. The van der Waals surface area contributed by atoms with Gasteiger partial charge in [0.25, 0.3) is 5.56 Å². The number of fused-ring (bicyclic) bond motifs is 3. The molecule has 8 nitrogen and oxygen atoms in total. The number of H-pyrrole nitrogens is 1. The van der Waals surface area contributed by atoms with Crippen molar-refractivity contribution in [1.82, 2.24) is 19.2 Å². The predicted octanol–water partition coefficient (Wildman–Crippen LogP) is 2.18. The minimum Gasteiger partial charge on any atom is -0.309 e. The molecule has 1 N–H and O–H groups in total. The van der Waals surface area contributed by atoms with Crippen LogP contribution in [-0.2, 0) is 29.4 Å². The van der Waals surface area contributed by atoms with E-state index in [2.05, 4.69) is 9.88 Å². The molecular formula is C22H24N4O4S2. The summed E-state index contributed by atoms with van der Waals surface area (Å²) in [6, 6.07) is 6.07. The molecule has 5 rings (SSSR count). The Morgan fingerprint density at radius 1 is 1.12 bits per heavy atom. The summed E-state index contributed by atoms with van der Waals surface area (Å²) in [5, 5.41) is 0.748. The number of aryl methyl sites for hydroxylation is 2. The van der Waals surface area contributed by atoms with Gasteiger partial charge in [-0.1, -0.05) is 12.1 Å². The number of benzene rings is 1. The minimum atomic E-state index is -3.61. The SMILES string of the molecule is CC(=O)c1ccc(S(=O)(=O)N2CCN(Cc3nc4sc5c(c4c(=O)[nH]3)CCC5)CC2)cc1. The summed E-state index contributed by atoms with van der Waals surface area (Å²) >= 11 is 1.62. The van der Waals surface area contributed by atoms with Gasteiger partial charge in [-0.3, -0.25) is 14.5 Å². The van der Waals surface area contributed by atoms with E-state index in [0.29, 0.717) is 44.1 Å². The lowest BCUT2D eigenvalue weighted by Gasteiger charge is -2.33. The molecule has 0 atom stereocenters. The quantitative estimate of drug-likeness (QED) is 0.571. The van der Waals surface area contributed by atoms with Crippen LogP contribution in [0.1, 0.15) is 40.0 Å². The Bertz CT molecular complexity index is 1350. The van der Waals surface area contributed by atoms with Crippen LogP contribution >= 0.6 is 11.3 Å². The van der Waals surface area contributed by atoms with E-state index in [-0.39, 0.29) is 16.2 Å². The van der Waals surface area contributed by atoms with Crippen LogP contribution in [0.15, 0.2) is 34.0 Å². The summed E-state index contributed by atoms with van der Waals surface area (Å²) in [6.07, 6.45) is 3.08. The van der Waals surface area contributed by atoms with Gasteiger partial charge in [0.15, 0.2) is 5.78 Å². The molecule has 0 amide bonds. The van der Waals surface area contributed by atoms with Gasteiger partial charge in [-0.05, 0) is 43.9 Å². The average molecular weight is 473 g/mol. The number of hydrogen-bond acceptors (Lipinski definition) is 7. The minimum absolute atomic E-state index is 0.0698. The van der Waals surface area contributed by atoms with Gasteiger partial charge < -0.3 is 4.98 Å². The van der Waals surface area contributed by atoms with Crippen molar-refractivity contribution in [2.45, 2.75) is 37.6 Å². The number of thiophene rings is 1. The zero-order valence-corrected chi connectivity index (χ0v) is 19.4.